The monoisotopic (exact) mass is 312 g/mol. The van der Waals surface area contributed by atoms with Gasteiger partial charge in [0, 0.05) is 32.5 Å². The third kappa shape index (κ3) is 2.22. The molecule has 1 aromatic rings. The minimum absolute atomic E-state index is 0.199. The Bertz CT molecular complexity index is 701. The molecule has 0 atom stereocenters. The van der Waals surface area contributed by atoms with Crippen LogP contribution in [0.15, 0.2) is 23.4 Å². The molecule has 1 aromatic heterocycles. The summed E-state index contributed by atoms with van der Waals surface area (Å²) in [5.41, 5.74) is -0.959. The Hall–Kier alpha value is -1.87. The molecule has 1 spiro atoms. The van der Waals surface area contributed by atoms with Crippen LogP contribution in [-0.2, 0) is 21.9 Å². The van der Waals surface area contributed by atoms with Crippen LogP contribution >= 0.6 is 0 Å². The van der Waals surface area contributed by atoms with Gasteiger partial charge >= 0.3 is 6.03 Å². The van der Waals surface area contributed by atoms with Crippen molar-refractivity contribution >= 4 is 22.0 Å². The number of carbonyl (C=O) groups is 2. The Balaban J connectivity index is 1.77. The van der Waals surface area contributed by atoms with Crippen molar-refractivity contribution in [1.29, 1.82) is 0 Å². The maximum atomic E-state index is 12.5. The highest BCUT2D eigenvalue weighted by atomic mass is 32.2. The van der Waals surface area contributed by atoms with Crippen LogP contribution in [0.3, 0.4) is 0 Å². The summed E-state index contributed by atoms with van der Waals surface area (Å²) in [6, 6.07) is 1.03. The average molecular weight is 312 g/mol. The first kappa shape index (κ1) is 14.1. The molecule has 0 unspecified atom stereocenters. The molecule has 21 heavy (non-hydrogen) atoms. The van der Waals surface area contributed by atoms with Crippen LogP contribution in [-0.4, -0.2) is 47.9 Å². The van der Waals surface area contributed by atoms with Crippen molar-refractivity contribution in [2.45, 2.75) is 23.3 Å². The van der Waals surface area contributed by atoms with E-state index in [-0.39, 0.29) is 36.7 Å². The maximum Gasteiger partial charge on any atom is 0.322 e. The summed E-state index contributed by atoms with van der Waals surface area (Å²) in [5, 5.41) is 4.82. The van der Waals surface area contributed by atoms with E-state index >= 15 is 0 Å². The van der Waals surface area contributed by atoms with E-state index in [1.54, 1.807) is 30.1 Å². The first-order valence-corrected chi connectivity index (χ1v) is 8.03. The van der Waals surface area contributed by atoms with Crippen molar-refractivity contribution in [2.75, 3.05) is 13.1 Å². The molecular formula is C12H16N4O4S. The summed E-state index contributed by atoms with van der Waals surface area (Å²) in [6.45, 7) is 0.399. The van der Waals surface area contributed by atoms with Gasteiger partial charge in [0.05, 0.1) is 4.90 Å². The molecule has 0 bridgehead atoms. The van der Waals surface area contributed by atoms with Crippen LogP contribution < -0.4 is 10.6 Å². The highest BCUT2D eigenvalue weighted by Gasteiger charge is 2.49. The summed E-state index contributed by atoms with van der Waals surface area (Å²) < 4.78 is 28.0. The third-order valence-corrected chi connectivity index (χ3v) is 5.92. The van der Waals surface area contributed by atoms with E-state index in [0.717, 1.165) is 0 Å². The smallest absolute Gasteiger partial charge is 0.322 e. The summed E-state index contributed by atoms with van der Waals surface area (Å²) in [6.07, 6.45) is 3.76. The van der Waals surface area contributed by atoms with Crippen molar-refractivity contribution < 1.29 is 18.0 Å². The lowest BCUT2D eigenvalue weighted by atomic mass is 9.89. The zero-order valence-corrected chi connectivity index (χ0v) is 12.3. The first-order valence-electron chi connectivity index (χ1n) is 6.59. The van der Waals surface area contributed by atoms with Gasteiger partial charge in [-0.2, -0.15) is 4.31 Å². The van der Waals surface area contributed by atoms with Crippen molar-refractivity contribution in [3.8, 4) is 0 Å². The van der Waals surface area contributed by atoms with Crippen LogP contribution in [0.1, 0.15) is 12.8 Å². The molecule has 114 valence electrons. The topological polar surface area (TPSA) is 101 Å². The minimum Gasteiger partial charge on any atom is -0.356 e. The van der Waals surface area contributed by atoms with Crippen molar-refractivity contribution in [2.24, 2.45) is 7.05 Å². The largest absolute Gasteiger partial charge is 0.356 e. The van der Waals surface area contributed by atoms with Gasteiger partial charge in [-0.25, -0.2) is 13.2 Å². The predicted octanol–water partition coefficient (Wildman–Crippen LogP) is -0.612. The highest BCUT2D eigenvalue weighted by molar-refractivity contribution is 7.89. The fourth-order valence-electron chi connectivity index (χ4n) is 2.77. The van der Waals surface area contributed by atoms with E-state index in [1.165, 1.54) is 4.31 Å². The zero-order valence-electron chi connectivity index (χ0n) is 11.5. The molecule has 0 aliphatic carbocycles. The number of nitrogens with zero attached hydrogens (tertiary/aromatic N) is 2. The molecule has 2 fully saturated rings. The molecule has 3 rings (SSSR count). The fourth-order valence-corrected chi connectivity index (χ4v) is 4.26. The van der Waals surface area contributed by atoms with Gasteiger partial charge in [-0.3, -0.25) is 10.1 Å². The molecular weight excluding hydrogens is 296 g/mol. The first-order chi connectivity index (χ1) is 9.83. The van der Waals surface area contributed by atoms with Crippen molar-refractivity contribution in [3.05, 3.63) is 18.5 Å². The second kappa shape index (κ2) is 4.57. The number of aromatic nitrogens is 1. The van der Waals surface area contributed by atoms with Crippen molar-refractivity contribution in [3.63, 3.8) is 0 Å². The van der Waals surface area contributed by atoms with Crippen LogP contribution in [0, 0.1) is 0 Å². The van der Waals surface area contributed by atoms with Crippen LogP contribution in [0.2, 0.25) is 0 Å². The second-order valence-electron chi connectivity index (χ2n) is 5.41. The number of rotatable bonds is 2. The molecule has 2 saturated heterocycles. The SMILES string of the molecule is Cn1ccc(S(=O)(=O)N2CCC3(CC2)NC(=O)NC3=O)c1. The lowest BCUT2D eigenvalue weighted by molar-refractivity contribution is -0.125. The Morgan fingerprint density at radius 3 is 2.38 bits per heavy atom. The number of hydrogen-bond acceptors (Lipinski definition) is 4. The Morgan fingerprint density at radius 1 is 1.24 bits per heavy atom. The molecule has 0 aromatic carbocycles. The Kier molecular flexibility index (Phi) is 3.06. The standard InChI is InChI=1S/C12H16N4O4S/c1-15-5-2-9(8-15)21(19,20)16-6-3-12(4-7-16)10(17)13-11(18)14-12/h2,5,8H,3-4,6-7H2,1H3,(H2,13,14,17,18). The van der Waals surface area contributed by atoms with Crippen LogP contribution in [0.5, 0.6) is 0 Å². The minimum atomic E-state index is -3.55. The van der Waals surface area contributed by atoms with Gasteiger partial charge in [0.15, 0.2) is 0 Å². The van der Waals surface area contributed by atoms with Gasteiger partial charge in [0.25, 0.3) is 5.91 Å². The Morgan fingerprint density at radius 2 is 1.90 bits per heavy atom. The normalized spacial score (nSPS) is 22.3. The quantitative estimate of drug-likeness (QED) is 0.711. The molecule has 8 nitrogen and oxygen atoms in total. The van der Waals surface area contributed by atoms with E-state index in [0.29, 0.717) is 0 Å². The second-order valence-corrected chi connectivity index (χ2v) is 7.35. The average Bonchev–Trinajstić information content (AvgIpc) is 2.96. The molecule has 3 heterocycles. The number of sulfonamides is 1. The summed E-state index contributed by atoms with van der Waals surface area (Å²) in [4.78, 5) is 23.3. The number of imide groups is 1. The van der Waals surface area contributed by atoms with Crippen LogP contribution in [0.25, 0.3) is 0 Å². The maximum absolute atomic E-state index is 12.5. The number of amides is 3. The van der Waals surface area contributed by atoms with E-state index < -0.39 is 21.6 Å². The highest BCUT2D eigenvalue weighted by Crippen LogP contribution is 2.28. The molecule has 2 aliphatic heterocycles. The lowest BCUT2D eigenvalue weighted by Gasteiger charge is -2.36. The lowest BCUT2D eigenvalue weighted by Crippen LogP contribution is -2.55. The van der Waals surface area contributed by atoms with Gasteiger partial charge in [0.1, 0.15) is 5.54 Å². The van der Waals surface area contributed by atoms with E-state index in [9.17, 15) is 18.0 Å². The van der Waals surface area contributed by atoms with E-state index in [4.69, 9.17) is 0 Å². The molecule has 2 aliphatic rings. The summed E-state index contributed by atoms with van der Waals surface area (Å²) in [7, 11) is -1.80. The number of piperidine rings is 1. The number of aryl methyl sites for hydroxylation is 1. The Labute approximate surface area is 122 Å². The predicted molar refractivity (Wildman–Crippen MR) is 72.8 cm³/mol. The molecule has 3 amide bonds. The number of carbonyl (C=O) groups excluding carboxylic acids is 2. The van der Waals surface area contributed by atoms with E-state index in [2.05, 4.69) is 10.6 Å². The van der Waals surface area contributed by atoms with Gasteiger partial charge in [0.2, 0.25) is 10.0 Å². The van der Waals surface area contributed by atoms with Gasteiger partial charge in [-0.1, -0.05) is 0 Å². The number of nitrogens with one attached hydrogen (secondary N) is 2. The molecule has 2 N–H and O–H groups in total. The number of hydrogen-bond donors (Lipinski definition) is 2. The third-order valence-electron chi connectivity index (χ3n) is 4.03. The summed E-state index contributed by atoms with van der Waals surface area (Å²) in [5.74, 6) is -0.371. The molecule has 9 heteroatoms. The van der Waals surface area contributed by atoms with Crippen LogP contribution in [0.4, 0.5) is 4.79 Å². The molecule has 0 radical (unpaired) electrons. The van der Waals surface area contributed by atoms with Gasteiger partial charge in [-0.05, 0) is 18.9 Å². The molecule has 0 saturated carbocycles. The fraction of sp³-hybridized carbons (Fsp3) is 0.500. The van der Waals surface area contributed by atoms with Gasteiger partial charge < -0.3 is 9.88 Å². The number of urea groups is 1. The van der Waals surface area contributed by atoms with Gasteiger partial charge in [-0.15, -0.1) is 0 Å². The zero-order chi connectivity index (χ0) is 15.3. The summed E-state index contributed by atoms with van der Waals surface area (Å²) >= 11 is 0. The van der Waals surface area contributed by atoms with Crippen molar-refractivity contribution in [1.82, 2.24) is 19.5 Å². The van der Waals surface area contributed by atoms with E-state index in [1.807, 2.05) is 0 Å².